The third-order valence-electron chi connectivity index (χ3n) is 3.02. The number of carbonyl (C=O) groups is 1. The molecule has 0 saturated carbocycles. The molecule has 0 aliphatic rings. The Morgan fingerprint density at radius 1 is 1.22 bits per heavy atom. The van der Waals surface area contributed by atoms with Gasteiger partial charge in [0.25, 0.3) is 5.88 Å². The standard InChI is InChI=1S/C16H13FN2O4/c17-12-4-1-3-11(9-12)6-7-18-16(20)22-15-10-14(23-19-15)13-5-2-8-21-13/h1-5,8-10H,6-7H2,(H,18,20). The Morgan fingerprint density at radius 3 is 2.91 bits per heavy atom. The van der Waals surface area contributed by atoms with Crippen LogP contribution in [-0.4, -0.2) is 17.8 Å². The molecule has 1 aromatic carbocycles. The summed E-state index contributed by atoms with van der Waals surface area (Å²) in [6.07, 6.45) is 1.32. The molecule has 0 radical (unpaired) electrons. The quantitative estimate of drug-likeness (QED) is 0.780. The summed E-state index contributed by atoms with van der Waals surface area (Å²) in [6.45, 7) is 0.311. The third kappa shape index (κ3) is 3.97. The van der Waals surface area contributed by atoms with Crippen LogP contribution in [0.1, 0.15) is 5.56 Å². The zero-order chi connectivity index (χ0) is 16.1. The molecule has 3 aromatic rings. The first kappa shape index (κ1) is 14.8. The number of furan rings is 1. The number of ether oxygens (including phenoxy) is 1. The van der Waals surface area contributed by atoms with Gasteiger partial charge < -0.3 is 19.0 Å². The summed E-state index contributed by atoms with van der Waals surface area (Å²) in [4.78, 5) is 11.7. The highest BCUT2D eigenvalue weighted by atomic mass is 19.1. The molecular formula is C16H13FN2O4. The summed E-state index contributed by atoms with van der Waals surface area (Å²) >= 11 is 0. The lowest BCUT2D eigenvalue weighted by Crippen LogP contribution is -2.28. The Balaban J connectivity index is 1.48. The lowest BCUT2D eigenvalue weighted by molar-refractivity contribution is 0.196. The van der Waals surface area contributed by atoms with Crippen molar-refractivity contribution in [2.75, 3.05) is 6.54 Å². The molecule has 2 heterocycles. The van der Waals surface area contributed by atoms with Crippen molar-refractivity contribution in [1.29, 1.82) is 0 Å². The zero-order valence-corrected chi connectivity index (χ0v) is 12.0. The minimum absolute atomic E-state index is 0.0275. The maximum Gasteiger partial charge on any atom is 0.414 e. The van der Waals surface area contributed by atoms with E-state index in [1.165, 1.54) is 24.5 Å². The third-order valence-corrected chi connectivity index (χ3v) is 3.02. The van der Waals surface area contributed by atoms with E-state index in [4.69, 9.17) is 13.7 Å². The number of carbonyl (C=O) groups excluding carboxylic acids is 1. The Hall–Kier alpha value is -3.09. The van der Waals surface area contributed by atoms with Crippen LogP contribution in [0.15, 0.2) is 57.7 Å². The van der Waals surface area contributed by atoms with Crippen LogP contribution in [0.5, 0.6) is 5.88 Å². The highest BCUT2D eigenvalue weighted by Gasteiger charge is 2.12. The molecule has 0 fully saturated rings. The molecule has 6 nitrogen and oxygen atoms in total. The number of rotatable bonds is 5. The van der Waals surface area contributed by atoms with Crippen molar-refractivity contribution in [2.45, 2.75) is 6.42 Å². The smallest absolute Gasteiger partial charge is 0.414 e. The van der Waals surface area contributed by atoms with E-state index in [0.29, 0.717) is 24.5 Å². The van der Waals surface area contributed by atoms with Crippen LogP contribution in [0, 0.1) is 5.82 Å². The molecule has 0 atom stereocenters. The number of amides is 1. The summed E-state index contributed by atoms with van der Waals surface area (Å²) in [5, 5.41) is 6.18. The molecular weight excluding hydrogens is 303 g/mol. The average Bonchev–Trinajstić information content (AvgIpc) is 3.18. The van der Waals surface area contributed by atoms with E-state index in [1.54, 1.807) is 24.3 Å². The highest BCUT2D eigenvalue weighted by Crippen LogP contribution is 2.23. The molecule has 0 spiro atoms. The SMILES string of the molecule is O=C(NCCc1cccc(F)c1)Oc1cc(-c2ccco2)on1. The van der Waals surface area contributed by atoms with Gasteiger partial charge in [-0.05, 0) is 41.4 Å². The highest BCUT2D eigenvalue weighted by molar-refractivity contribution is 5.70. The van der Waals surface area contributed by atoms with Gasteiger partial charge in [-0.25, -0.2) is 9.18 Å². The minimum Gasteiger partial charge on any atom is -0.461 e. The molecule has 0 aliphatic heterocycles. The number of aromatic nitrogens is 1. The molecule has 0 unspecified atom stereocenters. The zero-order valence-electron chi connectivity index (χ0n) is 12.0. The van der Waals surface area contributed by atoms with E-state index in [1.807, 2.05) is 0 Å². The fourth-order valence-electron chi connectivity index (χ4n) is 1.97. The van der Waals surface area contributed by atoms with Gasteiger partial charge in [0.15, 0.2) is 5.76 Å². The van der Waals surface area contributed by atoms with Gasteiger partial charge >= 0.3 is 6.09 Å². The van der Waals surface area contributed by atoms with Crippen LogP contribution in [-0.2, 0) is 6.42 Å². The second-order valence-corrected chi connectivity index (χ2v) is 4.70. The molecule has 1 amide bonds. The van der Waals surface area contributed by atoms with Crippen molar-refractivity contribution in [3.63, 3.8) is 0 Å². The monoisotopic (exact) mass is 316 g/mol. The Morgan fingerprint density at radius 2 is 2.13 bits per heavy atom. The summed E-state index contributed by atoms with van der Waals surface area (Å²) in [5.74, 6) is 0.564. The number of benzene rings is 1. The number of halogens is 1. The predicted octanol–water partition coefficient (Wildman–Crippen LogP) is 3.40. The molecule has 23 heavy (non-hydrogen) atoms. The lowest BCUT2D eigenvalue weighted by atomic mass is 10.1. The first-order valence-electron chi connectivity index (χ1n) is 6.91. The number of hydrogen-bond donors (Lipinski definition) is 1. The predicted molar refractivity (Wildman–Crippen MR) is 78.3 cm³/mol. The van der Waals surface area contributed by atoms with E-state index in [9.17, 15) is 9.18 Å². The van der Waals surface area contributed by atoms with E-state index in [-0.39, 0.29) is 11.7 Å². The van der Waals surface area contributed by atoms with E-state index in [0.717, 1.165) is 5.56 Å². The molecule has 1 N–H and O–H groups in total. The average molecular weight is 316 g/mol. The van der Waals surface area contributed by atoms with Crippen LogP contribution in [0.3, 0.4) is 0 Å². The van der Waals surface area contributed by atoms with Crippen LogP contribution < -0.4 is 10.1 Å². The second-order valence-electron chi connectivity index (χ2n) is 4.70. The van der Waals surface area contributed by atoms with E-state index in [2.05, 4.69) is 10.5 Å². The van der Waals surface area contributed by atoms with E-state index >= 15 is 0 Å². The summed E-state index contributed by atoms with van der Waals surface area (Å²) in [5.41, 5.74) is 0.784. The van der Waals surface area contributed by atoms with Gasteiger partial charge in [0.1, 0.15) is 5.82 Å². The molecule has 2 aromatic heterocycles. The molecule has 0 aliphatic carbocycles. The van der Waals surface area contributed by atoms with Gasteiger partial charge in [0.05, 0.1) is 12.3 Å². The van der Waals surface area contributed by atoms with Crippen molar-refractivity contribution in [3.05, 3.63) is 60.1 Å². The van der Waals surface area contributed by atoms with Crippen molar-refractivity contribution in [1.82, 2.24) is 10.5 Å². The fraction of sp³-hybridized carbons (Fsp3) is 0.125. The van der Waals surface area contributed by atoms with Gasteiger partial charge in [0, 0.05) is 6.54 Å². The number of nitrogens with zero attached hydrogens (tertiary/aromatic N) is 1. The molecule has 7 heteroatoms. The van der Waals surface area contributed by atoms with Gasteiger partial charge in [0.2, 0.25) is 5.76 Å². The molecule has 0 saturated heterocycles. The molecule has 3 rings (SSSR count). The van der Waals surface area contributed by atoms with Crippen LogP contribution in [0.25, 0.3) is 11.5 Å². The van der Waals surface area contributed by atoms with E-state index < -0.39 is 6.09 Å². The van der Waals surface area contributed by atoms with Crippen LogP contribution in [0.4, 0.5) is 9.18 Å². The summed E-state index contributed by atoms with van der Waals surface area (Å²) in [6, 6.07) is 11.0. The van der Waals surface area contributed by atoms with Crippen molar-refractivity contribution in [2.24, 2.45) is 0 Å². The van der Waals surface area contributed by atoms with Gasteiger partial charge in [-0.2, -0.15) is 0 Å². The molecule has 118 valence electrons. The fourth-order valence-corrected chi connectivity index (χ4v) is 1.97. The van der Waals surface area contributed by atoms with Crippen LogP contribution >= 0.6 is 0 Å². The minimum atomic E-state index is -0.666. The first-order chi connectivity index (χ1) is 11.2. The lowest BCUT2D eigenvalue weighted by Gasteiger charge is -2.04. The number of hydrogen-bond acceptors (Lipinski definition) is 5. The van der Waals surface area contributed by atoms with Gasteiger partial charge in [-0.3, -0.25) is 0 Å². The van der Waals surface area contributed by atoms with Crippen molar-refractivity contribution in [3.8, 4) is 17.4 Å². The Bertz CT molecular complexity index is 783. The normalized spacial score (nSPS) is 10.5. The van der Waals surface area contributed by atoms with Gasteiger partial charge in [-0.1, -0.05) is 12.1 Å². The summed E-state index contributed by atoms with van der Waals surface area (Å²) in [7, 11) is 0. The Kier molecular flexibility index (Phi) is 4.37. The Labute approximate surface area is 130 Å². The summed E-state index contributed by atoms with van der Waals surface area (Å²) < 4.78 is 28.2. The van der Waals surface area contributed by atoms with Gasteiger partial charge in [-0.15, -0.1) is 0 Å². The van der Waals surface area contributed by atoms with Crippen molar-refractivity contribution >= 4 is 6.09 Å². The maximum absolute atomic E-state index is 13.0. The molecule has 0 bridgehead atoms. The largest absolute Gasteiger partial charge is 0.461 e. The van der Waals surface area contributed by atoms with Crippen molar-refractivity contribution < 1.29 is 22.9 Å². The number of nitrogens with one attached hydrogen (secondary N) is 1. The maximum atomic E-state index is 13.0. The second kappa shape index (κ2) is 6.78. The van der Waals surface area contributed by atoms with Crippen LogP contribution in [0.2, 0.25) is 0 Å². The topological polar surface area (TPSA) is 77.5 Å². The first-order valence-corrected chi connectivity index (χ1v) is 6.91.